The number of nitrogens with one attached hydrogen (secondary N) is 1. The molecule has 2 unspecified atom stereocenters. The predicted octanol–water partition coefficient (Wildman–Crippen LogP) is 2.33. The molecule has 2 rings (SSSR count). The Bertz CT molecular complexity index is 183. The van der Waals surface area contributed by atoms with E-state index in [0.717, 1.165) is 12.0 Å². The lowest BCUT2D eigenvalue weighted by molar-refractivity contribution is 0.0278. The fourth-order valence-electron chi connectivity index (χ4n) is 2.76. The molecule has 0 radical (unpaired) electrons. The van der Waals surface area contributed by atoms with Crippen LogP contribution < -0.4 is 5.32 Å². The Balaban J connectivity index is 1.81. The van der Waals surface area contributed by atoms with Crippen LogP contribution in [0.2, 0.25) is 0 Å². The Morgan fingerprint density at radius 3 is 2.36 bits per heavy atom. The quantitative estimate of drug-likeness (QED) is 0.750. The molecule has 0 aromatic rings. The SMILES string of the molecule is CO[C@@H]1CCCC[C@H]1NC1CCC1C. The van der Waals surface area contributed by atoms with Gasteiger partial charge < -0.3 is 10.1 Å². The molecule has 2 aliphatic rings. The fraction of sp³-hybridized carbons (Fsp3) is 1.00. The first-order chi connectivity index (χ1) is 6.81. The Morgan fingerprint density at radius 2 is 1.79 bits per heavy atom. The van der Waals surface area contributed by atoms with Gasteiger partial charge >= 0.3 is 0 Å². The summed E-state index contributed by atoms with van der Waals surface area (Å²) in [5, 5.41) is 3.78. The molecule has 1 N–H and O–H groups in total. The minimum absolute atomic E-state index is 0.469. The molecule has 2 fully saturated rings. The van der Waals surface area contributed by atoms with Crippen molar-refractivity contribution in [2.75, 3.05) is 7.11 Å². The van der Waals surface area contributed by atoms with Crippen LogP contribution in [0.25, 0.3) is 0 Å². The molecular formula is C12H23NO. The average molecular weight is 197 g/mol. The Labute approximate surface area is 87.4 Å². The summed E-state index contributed by atoms with van der Waals surface area (Å²) in [6.07, 6.45) is 8.51. The number of methoxy groups -OCH3 is 1. The fourth-order valence-corrected chi connectivity index (χ4v) is 2.76. The Hall–Kier alpha value is -0.0800. The Kier molecular flexibility index (Phi) is 3.45. The third-order valence-corrected chi connectivity index (χ3v) is 4.05. The van der Waals surface area contributed by atoms with E-state index in [1.165, 1.54) is 38.5 Å². The van der Waals surface area contributed by atoms with E-state index in [1.807, 2.05) is 7.11 Å². The molecular weight excluding hydrogens is 174 g/mol. The van der Waals surface area contributed by atoms with Gasteiger partial charge in [0, 0.05) is 19.2 Å². The summed E-state index contributed by atoms with van der Waals surface area (Å²) in [7, 11) is 1.86. The summed E-state index contributed by atoms with van der Waals surface area (Å²) < 4.78 is 5.55. The van der Waals surface area contributed by atoms with Crippen LogP contribution in [0.5, 0.6) is 0 Å². The molecule has 0 amide bonds. The van der Waals surface area contributed by atoms with E-state index in [4.69, 9.17) is 4.74 Å². The molecule has 14 heavy (non-hydrogen) atoms. The van der Waals surface area contributed by atoms with Crippen molar-refractivity contribution in [3.8, 4) is 0 Å². The zero-order chi connectivity index (χ0) is 9.97. The molecule has 0 saturated heterocycles. The van der Waals surface area contributed by atoms with Crippen molar-refractivity contribution in [1.82, 2.24) is 5.32 Å². The topological polar surface area (TPSA) is 21.3 Å². The molecule has 2 heteroatoms. The summed E-state index contributed by atoms with van der Waals surface area (Å²) in [4.78, 5) is 0. The second kappa shape index (κ2) is 4.63. The number of rotatable bonds is 3. The normalized spacial score (nSPS) is 43.3. The standard InChI is InChI=1S/C12H23NO/c1-9-7-8-10(9)13-11-5-3-4-6-12(11)14-2/h9-13H,3-8H2,1-2H3/t9?,10?,11-,12-/m1/s1. The summed E-state index contributed by atoms with van der Waals surface area (Å²) in [5.41, 5.74) is 0. The van der Waals surface area contributed by atoms with E-state index in [9.17, 15) is 0 Å². The highest BCUT2D eigenvalue weighted by Crippen LogP contribution is 2.29. The van der Waals surface area contributed by atoms with Gasteiger partial charge in [-0.1, -0.05) is 19.8 Å². The van der Waals surface area contributed by atoms with Gasteiger partial charge in [0.2, 0.25) is 0 Å². The lowest BCUT2D eigenvalue weighted by Gasteiger charge is -2.41. The third-order valence-electron chi connectivity index (χ3n) is 4.05. The predicted molar refractivity (Wildman–Crippen MR) is 58.4 cm³/mol. The highest BCUT2D eigenvalue weighted by Gasteiger charge is 2.32. The third kappa shape index (κ3) is 2.12. The highest BCUT2D eigenvalue weighted by molar-refractivity contribution is 4.90. The van der Waals surface area contributed by atoms with E-state index in [1.54, 1.807) is 0 Å². The smallest absolute Gasteiger partial charge is 0.0724 e. The zero-order valence-corrected chi connectivity index (χ0v) is 9.46. The zero-order valence-electron chi connectivity index (χ0n) is 9.46. The molecule has 0 aliphatic heterocycles. The number of ether oxygens (including phenoxy) is 1. The van der Waals surface area contributed by atoms with Crippen molar-refractivity contribution < 1.29 is 4.74 Å². The van der Waals surface area contributed by atoms with E-state index in [-0.39, 0.29) is 0 Å². The maximum Gasteiger partial charge on any atom is 0.0724 e. The summed E-state index contributed by atoms with van der Waals surface area (Å²) in [6.45, 7) is 2.35. The van der Waals surface area contributed by atoms with Gasteiger partial charge in [-0.05, 0) is 31.6 Å². The van der Waals surface area contributed by atoms with Gasteiger partial charge in [0.1, 0.15) is 0 Å². The minimum atomic E-state index is 0.469. The van der Waals surface area contributed by atoms with Gasteiger partial charge in [0.15, 0.2) is 0 Å². The lowest BCUT2D eigenvalue weighted by Crippen LogP contribution is -2.53. The van der Waals surface area contributed by atoms with Crippen molar-refractivity contribution in [1.29, 1.82) is 0 Å². The molecule has 0 bridgehead atoms. The van der Waals surface area contributed by atoms with Gasteiger partial charge in [-0.15, -0.1) is 0 Å². The summed E-state index contributed by atoms with van der Waals surface area (Å²) >= 11 is 0. The van der Waals surface area contributed by atoms with Gasteiger partial charge in [-0.25, -0.2) is 0 Å². The second-order valence-electron chi connectivity index (χ2n) is 4.99. The lowest BCUT2D eigenvalue weighted by atomic mass is 9.79. The van der Waals surface area contributed by atoms with E-state index < -0.39 is 0 Å². The first-order valence-electron chi connectivity index (χ1n) is 6.10. The van der Waals surface area contributed by atoms with Crippen molar-refractivity contribution in [3.63, 3.8) is 0 Å². The summed E-state index contributed by atoms with van der Waals surface area (Å²) in [6, 6.07) is 1.40. The van der Waals surface area contributed by atoms with Crippen LogP contribution in [0.3, 0.4) is 0 Å². The first-order valence-corrected chi connectivity index (χ1v) is 6.10. The number of hydrogen-bond donors (Lipinski definition) is 1. The average Bonchev–Trinajstić information content (AvgIpc) is 2.24. The molecule has 82 valence electrons. The molecule has 0 aromatic heterocycles. The van der Waals surface area contributed by atoms with Crippen LogP contribution in [-0.4, -0.2) is 25.3 Å². The van der Waals surface area contributed by atoms with Gasteiger partial charge in [-0.3, -0.25) is 0 Å². The minimum Gasteiger partial charge on any atom is -0.380 e. The van der Waals surface area contributed by atoms with Crippen LogP contribution in [0.15, 0.2) is 0 Å². The molecule has 0 spiro atoms. The molecule has 2 saturated carbocycles. The maximum atomic E-state index is 5.55. The van der Waals surface area contributed by atoms with Crippen molar-refractivity contribution >= 4 is 0 Å². The van der Waals surface area contributed by atoms with Crippen molar-refractivity contribution in [3.05, 3.63) is 0 Å². The summed E-state index contributed by atoms with van der Waals surface area (Å²) in [5.74, 6) is 0.884. The van der Waals surface area contributed by atoms with E-state index in [0.29, 0.717) is 12.1 Å². The van der Waals surface area contributed by atoms with Crippen molar-refractivity contribution in [2.24, 2.45) is 5.92 Å². The highest BCUT2D eigenvalue weighted by atomic mass is 16.5. The van der Waals surface area contributed by atoms with Crippen LogP contribution >= 0.6 is 0 Å². The van der Waals surface area contributed by atoms with E-state index >= 15 is 0 Å². The van der Waals surface area contributed by atoms with Crippen LogP contribution in [-0.2, 0) is 4.74 Å². The van der Waals surface area contributed by atoms with E-state index in [2.05, 4.69) is 12.2 Å². The van der Waals surface area contributed by atoms with Crippen molar-refractivity contribution in [2.45, 2.75) is 63.6 Å². The van der Waals surface area contributed by atoms with Gasteiger partial charge in [0.25, 0.3) is 0 Å². The maximum absolute atomic E-state index is 5.55. The van der Waals surface area contributed by atoms with Gasteiger partial charge in [0.05, 0.1) is 6.10 Å². The molecule has 0 aromatic carbocycles. The monoisotopic (exact) mass is 197 g/mol. The largest absolute Gasteiger partial charge is 0.380 e. The molecule has 2 aliphatic carbocycles. The molecule has 2 nitrogen and oxygen atoms in total. The van der Waals surface area contributed by atoms with Crippen LogP contribution in [0.1, 0.15) is 45.4 Å². The Morgan fingerprint density at radius 1 is 1.00 bits per heavy atom. The van der Waals surface area contributed by atoms with Crippen LogP contribution in [0.4, 0.5) is 0 Å². The molecule has 0 heterocycles. The second-order valence-corrected chi connectivity index (χ2v) is 4.99. The molecule has 4 atom stereocenters. The van der Waals surface area contributed by atoms with Crippen LogP contribution in [0, 0.1) is 5.92 Å². The number of hydrogen-bond acceptors (Lipinski definition) is 2. The first kappa shape index (κ1) is 10.4. The van der Waals surface area contributed by atoms with Gasteiger partial charge in [-0.2, -0.15) is 0 Å².